The standard InChI is InChI=1S/C28H40N2O4/c1-24-9-11-26(12-10-24)34-23-28(31)21-30(16-18-32-22-28)20-25-7-5-8-27(19-25)33-17-6-15-29-13-3-2-4-14-29/h5,7-12,19,31H,2-4,6,13-18,20-23H2,1H3/t28-/m0/s1. The van der Waals surface area contributed by atoms with Gasteiger partial charge in [0.15, 0.2) is 0 Å². The smallest absolute Gasteiger partial charge is 0.134 e. The first-order valence-electron chi connectivity index (χ1n) is 12.7. The van der Waals surface area contributed by atoms with Crippen LogP contribution in [0.1, 0.15) is 36.8 Å². The molecule has 0 unspecified atom stereocenters. The van der Waals surface area contributed by atoms with Gasteiger partial charge >= 0.3 is 0 Å². The minimum absolute atomic E-state index is 0.201. The van der Waals surface area contributed by atoms with Gasteiger partial charge in [-0.1, -0.05) is 36.2 Å². The van der Waals surface area contributed by atoms with Gasteiger partial charge in [-0.15, -0.1) is 0 Å². The summed E-state index contributed by atoms with van der Waals surface area (Å²) in [5, 5.41) is 11.2. The highest BCUT2D eigenvalue weighted by Crippen LogP contribution is 2.20. The van der Waals surface area contributed by atoms with Gasteiger partial charge in [-0.2, -0.15) is 0 Å². The van der Waals surface area contributed by atoms with Gasteiger partial charge in [0.05, 0.1) is 19.8 Å². The van der Waals surface area contributed by atoms with Crippen molar-refractivity contribution in [2.75, 3.05) is 59.2 Å². The fourth-order valence-corrected chi connectivity index (χ4v) is 4.72. The van der Waals surface area contributed by atoms with Crippen LogP contribution in [-0.2, 0) is 11.3 Å². The van der Waals surface area contributed by atoms with Crippen LogP contribution in [0.4, 0.5) is 0 Å². The maximum Gasteiger partial charge on any atom is 0.134 e. The third-order valence-corrected chi connectivity index (χ3v) is 6.61. The second-order valence-electron chi connectivity index (χ2n) is 9.84. The fraction of sp³-hybridized carbons (Fsp3) is 0.571. The Labute approximate surface area is 204 Å². The number of rotatable bonds is 10. The van der Waals surface area contributed by atoms with E-state index in [0.717, 1.165) is 44.2 Å². The Kier molecular flexibility index (Phi) is 9.22. The number of hydrogen-bond donors (Lipinski definition) is 1. The molecule has 4 rings (SSSR count). The van der Waals surface area contributed by atoms with E-state index < -0.39 is 5.60 Å². The van der Waals surface area contributed by atoms with Crippen molar-refractivity contribution >= 4 is 0 Å². The predicted molar refractivity (Wildman–Crippen MR) is 135 cm³/mol. The lowest BCUT2D eigenvalue weighted by atomic mass is 10.1. The quantitative estimate of drug-likeness (QED) is 0.534. The highest BCUT2D eigenvalue weighted by Gasteiger charge is 2.33. The van der Waals surface area contributed by atoms with Crippen LogP contribution in [0.25, 0.3) is 0 Å². The molecule has 2 heterocycles. The number of ether oxygens (including phenoxy) is 3. The minimum atomic E-state index is -1.05. The van der Waals surface area contributed by atoms with Crippen molar-refractivity contribution < 1.29 is 19.3 Å². The lowest BCUT2D eigenvalue weighted by Gasteiger charge is -2.30. The van der Waals surface area contributed by atoms with Crippen molar-refractivity contribution in [1.82, 2.24) is 9.80 Å². The van der Waals surface area contributed by atoms with E-state index in [-0.39, 0.29) is 13.2 Å². The second kappa shape index (κ2) is 12.5. The summed E-state index contributed by atoms with van der Waals surface area (Å²) in [6, 6.07) is 16.2. The molecule has 2 aromatic carbocycles. The molecule has 2 aliphatic rings. The zero-order valence-corrected chi connectivity index (χ0v) is 20.6. The summed E-state index contributed by atoms with van der Waals surface area (Å²) in [4.78, 5) is 4.79. The first kappa shape index (κ1) is 25.0. The Morgan fingerprint density at radius 3 is 2.59 bits per heavy atom. The third kappa shape index (κ3) is 7.98. The van der Waals surface area contributed by atoms with Gasteiger partial charge in [-0.3, -0.25) is 4.90 Å². The molecule has 0 aromatic heterocycles. The van der Waals surface area contributed by atoms with Crippen LogP contribution in [0, 0.1) is 6.92 Å². The molecule has 2 aromatic rings. The molecule has 2 aliphatic heterocycles. The first-order chi connectivity index (χ1) is 16.6. The van der Waals surface area contributed by atoms with E-state index in [1.165, 1.54) is 43.5 Å². The van der Waals surface area contributed by atoms with Crippen LogP contribution in [-0.4, -0.2) is 79.7 Å². The van der Waals surface area contributed by atoms with Crippen molar-refractivity contribution in [3.05, 3.63) is 59.7 Å². The molecule has 0 amide bonds. The molecule has 0 radical (unpaired) electrons. The molecule has 0 bridgehead atoms. The summed E-state index contributed by atoms with van der Waals surface area (Å²) in [5.74, 6) is 1.68. The van der Waals surface area contributed by atoms with Crippen LogP contribution in [0.3, 0.4) is 0 Å². The predicted octanol–water partition coefficient (Wildman–Crippen LogP) is 3.89. The molecule has 6 nitrogen and oxygen atoms in total. The third-order valence-electron chi connectivity index (χ3n) is 6.61. The summed E-state index contributed by atoms with van der Waals surface area (Å²) >= 11 is 0. The van der Waals surface area contributed by atoms with Gasteiger partial charge < -0.3 is 24.2 Å². The van der Waals surface area contributed by atoms with Gasteiger partial charge in [0.1, 0.15) is 23.7 Å². The molecule has 34 heavy (non-hydrogen) atoms. The van der Waals surface area contributed by atoms with Gasteiger partial charge in [0.25, 0.3) is 0 Å². The minimum Gasteiger partial charge on any atom is -0.494 e. The molecule has 0 aliphatic carbocycles. The number of aliphatic hydroxyl groups is 1. The molecule has 0 saturated carbocycles. The molecule has 186 valence electrons. The number of likely N-dealkylation sites (tertiary alicyclic amines) is 1. The number of β-amino-alcohol motifs (C(OH)–C–C–N with tert-alkyl or cyclic N) is 1. The van der Waals surface area contributed by atoms with Gasteiger partial charge in [-0.05, 0) is 69.1 Å². The molecule has 6 heteroatoms. The highest BCUT2D eigenvalue weighted by atomic mass is 16.5. The normalized spacial score (nSPS) is 22.3. The Balaban J connectivity index is 1.25. The van der Waals surface area contributed by atoms with Crippen LogP contribution < -0.4 is 9.47 Å². The average Bonchev–Trinajstić information content (AvgIpc) is 3.04. The Morgan fingerprint density at radius 2 is 1.76 bits per heavy atom. The van der Waals surface area contributed by atoms with Crippen molar-refractivity contribution in [2.45, 2.75) is 44.8 Å². The summed E-state index contributed by atoms with van der Waals surface area (Å²) in [6.07, 6.45) is 5.09. The molecule has 1 N–H and O–H groups in total. The first-order valence-corrected chi connectivity index (χ1v) is 12.7. The zero-order chi connectivity index (χ0) is 23.6. The lowest BCUT2D eigenvalue weighted by Crippen LogP contribution is -2.48. The van der Waals surface area contributed by atoms with E-state index in [4.69, 9.17) is 14.2 Å². The van der Waals surface area contributed by atoms with E-state index >= 15 is 0 Å². The van der Waals surface area contributed by atoms with Crippen molar-refractivity contribution in [1.29, 1.82) is 0 Å². The van der Waals surface area contributed by atoms with E-state index in [2.05, 4.69) is 28.0 Å². The topological polar surface area (TPSA) is 54.4 Å². The number of aryl methyl sites for hydroxylation is 1. The summed E-state index contributed by atoms with van der Waals surface area (Å²) in [6.45, 7) is 9.46. The molecular weight excluding hydrogens is 428 g/mol. The molecule has 1 atom stereocenters. The van der Waals surface area contributed by atoms with Gasteiger partial charge in [0, 0.05) is 26.2 Å². The number of nitrogens with zero attached hydrogens (tertiary/aromatic N) is 2. The Hall–Kier alpha value is -2.12. The van der Waals surface area contributed by atoms with E-state index in [1.54, 1.807) is 0 Å². The Morgan fingerprint density at radius 1 is 0.941 bits per heavy atom. The lowest BCUT2D eigenvalue weighted by molar-refractivity contribution is -0.0646. The summed E-state index contributed by atoms with van der Waals surface area (Å²) in [5.41, 5.74) is 1.31. The zero-order valence-electron chi connectivity index (χ0n) is 20.6. The molecular formula is C28H40N2O4. The van der Waals surface area contributed by atoms with Crippen molar-refractivity contribution in [2.24, 2.45) is 0 Å². The molecule has 2 saturated heterocycles. The van der Waals surface area contributed by atoms with Crippen molar-refractivity contribution in [3.8, 4) is 11.5 Å². The molecule has 2 fully saturated rings. The van der Waals surface area contributed by atoms with Crippen LogP contribution in [0.2, 0.25) is 0 Å². The van der Waals surface area contributed by atoms with Crippen LogP contribution in [0.5, 0.6) is 11.5 Å². The van der Waals surface area contributed by atoms with E-state index in [0.29, 0.717) is 13.2 Å². The molecule has 0 spiro atoms. The SMILES string of the molecule is Cc1ccc(OC[C@@]2(O)COCCN(Cc3cccc(OCCCN4CCCCC4)c3)C2)cc1. The number of benzene rings is 2. The number of hydrogen-bond acceptors (Lipinski definition) is 6. The summed E-state index contributed by atoms with van der Waals surface area (Å²) < 4.78 is 17.7. The van der Waals surface area contributed by atoms with E-state index in [1.807, 2.05) is 37.3 Å². The Bertz CT molecular complexity index is 869. The monoisotopic (exact) mass is 468 g/mol. The van der Waals surface area contributed by atoms with E-state index in [9.17, 15) is 5.11 Å². The van der Waals surface area contributed by atoms with Gasteiger partial charge in [0.2, 0.25) is 0 Å². The maximum absolute atomic E-state index is 11.2. The number of piperidine rings is 1. The second-order valence-corrected chi connectivity index (χ2v) is 9.84. The fourth-order valence-electron chi connectivity index (χ4n) is 4.72. The van der Waals surface area contributed by atoms with Gasteiger partial charge in [-0.25, -0.2) is 0 Å². The summed E-state index contributed by atoms with van der Waals surface area (Å²) in [7, 11) is 0. The maximum atomic E-state index is 11.2. The van der Waals surface area contributed by atoms with Crippen molar-refractivity contribution in [3.63, 3.8) is 0 Å². The van der Waals surface area contributed by atoms with Crippen LogP contribution >= 0.6 is 0 Å². The average molecular weight is 469 g/mol. The highest BCUT2D eigenvalue weighted by molar-refractivity contribution is 5.29. The van der Waals surface area contributed by atoms with Crippen LogP contribution in [0.15, 0.2) is 48.5 Å². The largest absolute Gasteiger partial charge is 0.494 e.